The Morgan fingerprint density at radius 1 is 1.46 bits per heavy atom. The molecule has 1 rings (SSSR count). The molecule has 0 aromatic heterocycles. The van der Waals surface area contributed by atoms with E-state index >= 15 is 0 Å². The van der Waals surface area contributed by atoms with Crippen molar-refractivity contribution in [1.29, 1.82) is 0 Å². The molecule has 0 aliphatic heterocycles. The van der Waals surface area contributed by atoms with Crippen LogP contribution < -0.4 is 5.73 Å². The largest absolute Gasteiger partial charge is 0.330 e. The van der Waals surface area contributed by atoms with Gasteiger partial charge in [-0.05, 0) is 36.4 Å². The molecule has 13 heavy (non-hydrogen) atoms. The van der Waals surface area contributed by atoms with Crippen LogP contribution in [0, 0.1) is 0 Å². The van der Waals surface area contributed by atoms with Crippen LogP contribution >= 0.6 is 11.8 Å². The maximum absolute atomic E-state index is 5.49. The average Bonchev–Trinajstić information content (AvgIpc) is 2.18. The van der Waals surface area contributed by atoms with Gasteiger partial charge in [0.05, 0.1) is 0 Å². The first-order chi connectivity index (χ1) is 6.29. The second-order valence-electron chi connectivity index (χ2n) is 2.84. The number of thioether (sulfide) groups is 1. The summed E-state index contributed by atoms with van der Waals surface area (Å²) in [6.45, 7) is 4.70. The molecule has 0 amide bonds. The van der Waals surface area contributed by atoms with Gasteiger partial charge in [0.25, 0.3) is 0 Å². The fourth-order valence-corrected chi connectivity index (χ4v) is 1.89. The van der Waals surface area contributed by atoms with Crippen LogP contribution in [0.3, 0.4) is 0 Å². The van der Waals surface area contributed by atoms with E-state index in [4.69, 9.17) is 5.73 Å². The molecule has 0 bridgehead atoms. The minimum atomic E-state index is 0.668. The summed E-state index contributed by atoms with van der Waals surface area (Å²) in [5, 5.41) is 0. The zero-order chi connectivity index (χ0) is 9.68. The van der Waals surface area contributed by atoms with Crippen molar-refractivity contribution in [2.75, 3.05) is 12.8 Å². The normalized spacial score (nSPS) is 10.0. The van der Waals surface area contributed by atoms with Gasteiger partial charge in [0.2, 0.25) is 0 Å². The van der Waals surface area contributed by atoms with Crippen molar-refractivity contribution >= 4 is 17.3 Å². The van der Waals surface area contributed by atoms with Crippen molar-refractivity contribution in [3.05, 3.63) is 36.4 Å². The first-order valence-electron chi connectivity index (χ1n) is 4.31. The van der Waals surface area contributed by atoms with Gasteiger partial charge < -0.3 is 5.73 Å². The number of hydrogen-bond acceptors (Lipinski definition) is 2. The molecule has 0 saturated carbocycles. The van der Waals surface area contributed by atoms with Crippen LogP contribution in [0.4, 0.5) is 0 Å². The highest BCUT2D eigenvalue weighted by atomic mass is 32.2. The zero-order valence-electron chi connectivity index (χ0n) is 7.92. The summed E-state index contributed by atoms with van der Waals surface area (Å²) >= 11 is 1.75. The van der Waals surface area contributed by atoms with E-state index in [-0.39, 0.29) is 0 Å². The molecule has 70 valence electrons. The standard InChI is InChI=1S/C11H15NS/c1-9(7-8-12)10-5-3-4-6-11(10)13-2/h3-6H,1,7-8,12H2,2H3. The predicted octanol–water partition coefficient (Wildman–Crippen LogP) is 2.77. The molecule has 2 heteroatoms. The summed E-state index contributed by atoms with van der Waals surface area (Å²) in [5.74, 6) is 0. The van der Waals surface area contributed by atoms with Crippen LogP contribution in [0.2, 0.25) is 0 Å². The van der Waals surface area contributed by atoms with Crippen LogP contribution in [-0.4, -0.2) is 12.8 Å². The quantitative estimate of drug-likeness (QED) is 0.744. The van der Waals surface area contributed by atoms with E-state index in [2.05, 4.69) is 25.0 Å². The molecule has 0 spiro atoms. The van der Waals surface area contributed by atoms with Crippen LogP contribution in [0.1, 0.15) is 12.0 Å². The number of nitrogens with two attached hydrogens (primary N) is 1. The molecule has 0 radical (unpaired) electrons. The van der Waals surface area contributed by atoms with Crippen molar-refractivity contribution < 1.29 is 0 Å². The van der Waals surface area contributed by atoms with Crippen molar-refractivity contribution in [2.45, 2.75) is 11.3 Å². The molecule has 2 N–H and O–H groups in total. The van der Waals surface area contributed by atoms with E-state index in [1.54, 1.807) is 11.8 Å². The van der Waals surface area contributed by atoms with Gasteiger partial charge in [0.15, 0.2) is 0 Å². The Morgan fingerprint density at radius 2 is 2.15 bits per heavy atom. The molecule has 1 nitrogen and oxygen atoms in total. The number of hydrogen-bond donors (Lipinski definition) is 1. The molecule has 1 aromatic rings. The zero-order valence-corrected chi connectivity index (χ0v) is 8.73. The fourth-order valence-electron chi connectivity index (χ4n) is 1.25. The van der Waals surface area contributed by atoms with Gasteiger partial charge in [-0.25, -0.2) is 0 Å². The van der Waals surface area contributed by atoms with Crippen molar-refractivity contribution in [3.8, 4) is 0 Å². The van der Waals surface area contributed by atoms with Gasteiger partial charge in [-0.1, -0.05) is 24.8 Å². The van der Waals surface area contributed by atoms with Crippen LogP contribution in [0.15, 0.2) is 35.7 Å². The fraction of sp³-hybridized carbons (Fsp3) is 0.273. The summed E-state index contributed by atoms with van der Waals surface area (Å²) in [4.78, 5) is 1.28. The molecule has 1 aromatic carbocycles. The Kier molecular flexibility index (Phi) is 4.06. The number of rotatable bonds is 4. The maximum atomic E-state index is 5.49. The van der Waals surface area contributed by atoms with E-state index in [0.717, 1.165) is 12.0 Å². The summed E-state index contributed by atoms with van der Waals surface area (Å²) in [6, 6.07) is 8.30. The third-order valence-electron chi connectivity index (χ3n) is 1.93. The van der Waals surface area contributed by atoms with Gasteiger partial charge in [-0.3, -0.25) is 0 Å². The SMILES string of the molecule is C=C(CCN)c1ccccc1SC. The number of benzene rings is 1. The molecular formula is C11H15NS. The lowest BCUT2D eigenvalue weighted by Crippen LogP contribution is -1.99. The molecule has 0 heterocycles. The Balaban J connectivity index is 2.92. The van der Waals surface area contributed by atoms with E-state index in [1.165, 1.54) is 10.5 Å². The Morgan fingerprint density at radius 3 is 2.77 bits per heavy atom. The van der Waals surface area contributed by atoms with Gasteiger partial charge in [0.1, 0.15) is 0 Å². The third-order valence-corrected chi connectivity index (χ3v) is 2.73. The Labute approximate surface area is 84.0 Å². The lowest BCUT2D eigenvalue weighted by Gasteiger charge is -2.08. The molecule has 0 fully saturated rings. The smallest absolute Gasteiger partial charge is 0.0144 e. The van der Waals surface area contributed by atoms with Gasteiger partial charge in [-0.15, -0.1) is 11.8 Å². The van der Waals surface area contributed by atoms with Gasteiger partial charge >= 0.3 is 0 Å². The van der Waals surface area contributed by atoms with Crippen molar-refractivity contribution in [1.82, 2.24) is 0 Å². The van der Waals surface area contributed by atoms with Crippen LogP contribution in [0.25, 0.3) is 5.57 Å². The van der Waals surface area contributed by atoms with E-state index < -0.39 is 0 Å². The van der Waals surface area contributed by atoms with Crippen LogP contribution in [0.5, 0.6) is 0 Å². The molecular weight excluding hydrogens is 178 g/mol. The topological polar surface area (TPSA) is 26.0 Å². The van der Waals surface area contributed by atoms with Crippen molar-refractivity contribution in [2.24, 2.45) is 5.73 Å². The third kappa shape index (κ3) is 2.61. The highest BCUT2D eigenvalue weighted by molar-refractivity contribution is 7.98. The van der Waals surface area contributed by atoms with E-state index in [0.29, 0.717) is 6.54 Å². The minimum absolute atomic E-state index is 0.668. The summed E-state index contributed by atoms with van der Waals surface area (Å²) in [6.07, 6.45) is 2.95. The lowest BCUT2D eigenvalue weighted by atomic mass is 10.1. The molecule has 0 unspecified atom stereocenters. The van der Waals surface area contributed by atoms with E-state index in [1.807, 2.05) is 12.1 Å². The summed E-state index contributed by atoms with van der Waals surface area (Å²) in [5.41, 5.74) is 7.86. The molecule has 0 saturated heterocycles. The van der Waals surface area contributed by atoms with Gasteiger partial charge in [-0.2, -0.15) is 0 Å². The van der Waals surface area contributed by atoms with Crippen molar-refractivity contribution in [3.63, 3.8) is 0 Å². The highest BCUT2D eigenvalue weighted by Crippen LogP contribution is 2.26. The Hall–Kier alpha value is -0.730. The molecule has 0 aliphatic carbocycles. The summed E-state index contributed by atoms with van der Waals surface area (Å²) < 4.78 is 0. The van der Waals surface area contributed by atoms with Gasteiger partial charge in [0, 0.05) is 4.90 Å². The molecule has 0 aliphatic rings. The lowest BCUT2D eigenvalue weighted by molar-refractivity contribution is 1.02. The van der Waals surface area contributed by atoms with Crippen LogP contribution in [-0.2, 0) is 0 Å². The second kappa shape index (κ2) is 5.10. The first kappa shape index (κ1) is 10.4. The first-order valence-corrected chi connectivity index (χ1v) is 5.53. The second-order valence-corrected chi connectivity index (χ2v) is 3.69. The Bertz CT molecular complexity index is 294. The summed E-state index contributed by atoms with van der Waals surface area (Å²) in [7, 11) is 0. The minimum Gasteiger partial charge on any atom is -0.330 e. The molecule has 0 atom stereocenters. The highest BCUT2D eigenvalue weighted by Gasteiger charge is 2.02. The average molecular weight is 193 g/mol. The predicted molar refractivity (Wildman–Crippen MR) is 60.9 cm³/mol. The maximum Gasteiger partial charge on any atom is 0.0144 e. The van der Waals surface area contributed by atoms with E-state index in [9.17, 15) is 0 Å². The monoisotopic (exact) mass is 193 g/mol.